The first-order valence-corrected chi connectivity index (χ1v) is 13.9. The van der Waals surface area contributed by atoms with Crippen LogP contribution in [0.3, 0.4) is 0 Å². The largest absolute Gasteiger partial charge is 0.368 e. The number of carbonyl (C=O) groups is 1. The van der Waals surface area contributed by atoms with Gasteiger partial charge in [0.2, 0.25) is 15.6 Å². The SMILES string of the molecule is Cc1cc(=O)[nH]c2ccc(CC(=O)c3cc(S(=O)(=O)N(C)C)ccc3N3CCCC3CC(C)C)cc12. The fourth-order valence-corrected chi connectivity index (χ4v) is 6.09. The van der Waals surface area contributed by atoms with Crippen molar-refractivity contribution < 1.29 is 13.2 Å². The van der Waals surface area contributed by atoms with Gasteiger partial charge in [0.25, 0.3) is 0 Å². The van der Waals surface area contributed by atoms with E-state index in [1.165, 1.54) is 18.4 Å². The molecule has 1 atom stereocenters. The minimum atomic E-state index is -3.69. The fourth-order valence-electron chi connectivity index (χ4n) is 5.16. The number of ketones is 1. The summed E-state index contributed by atoms with van der Waals surface area (Å²) in [5.74, 6) is 0.396. The van der Waals surface area contributed by atoms with Crippen molar-refractivity contribution in [2.75, 3.05) is 25.5 Å². The third-order valence-electron chi connectivity index (χ3n) is 6.96. The summed E-state index contributed by atoms with van der Waals surface area (Å²) in [6, 6.07) is 12.4. The lowest BCUT2D eigenvalue weighted by Gasteiger charge is -2.30. The molecule has 2 heterocycles. The van der Waals surface area contributed by atoms with E-state index in [0.717, 1.165) is 53.5 Å². The average molecular weight is 510 g/mol. The van der Waals surface area contributed by atoms with Gasteiger partial charge in [0, 0.05) is 61.3 Å². The predicted octanol–water partition coefficient (Wildman–Crippen LogP) is 4.53. The van der Waals surface area contributed by atoms with Crippen molar-refractivity contribution in [3.63, 3.8) is 0 Å². The topological polar surface area (TPSA) is 90.5 Å². The standard InChI is InChI=1S/C28H35N3O4S/c1-18(2)13-21-7-6-12-31(21)26-11-9-22(36(34,35)30(4)5)17-24(26)27(32)16-20-8-10-25-23(15-20)19(3)14-28(33)29-25/h8-11,14-15,17-18,21H,6-7,12-13,16H2,1-5H3,(H,29,33). The van der Waals surface area contributed by atoms with Crippen LogP contribution in [0.4, 0.5) is 5.69 Å². The van der Waals surface area contributed by atoms with Crippen LogP contribution in [0.15, 0.2) is 52.2 Å². The lowest BCUT2D eigenvalue weighted by Crippen LogP contribution is -2.32. The summed E-state index contributed by atoms with van der Waals surface area (Å²) in [5, 5.41) is 0.889. The monoisotopic (exact) mass is 509 g/mol. The molecule has 0 spiro atoms. The van der Waals surface area contributed by atoms with Gasteiger partial charge in [0.15, 0.2) is 5.78 Å². The maximum absolute atomic E-state index is 13.8. The molecule has 1 N–H and O–H groups in total. The highest BCUT2D eigenvalue weighted by molar-refractivity contribution is 7.89. The van der Waals surface area contributed by atoms with Crippen LogP contribution in [-0.4, -0.2) is 50.2 Å². The van der Waals surface area contributed by atoms with E-state index < -0.39 is 10.0 Å². The number of nitrogens with one attached hydrogen (secondary N) is 1. The molecule has 7 nitrogen and oxygen atoms in total. The number of anilines is 1. The Bertz CT molecular complexity index is 1460. The van der Waals surface area contributed by atoms with Crippen LogP contribution in [0.5, 0.6) is 0 Å². The number of sulfonamides is 1. The predicted molar refractivity (Wildman–Crippen MR) is 144 cm³/mol. The molecule has 1 saturated heterocycles. The Hall–Kier alpha value is -2.97. The van der Waals surface area contributed by atoms with E-state index in [2.05, 4.69) is 23.7 Å². The van der Waals surface area contributed by atoms with Crippen molar-refractivity contribution in [3.05, 3.63) is 69.5 Å². The Balaban J connectivity index is 1.76. The average Bonchev–Trinajstić information content (AvgIpc) is 3.26. The summed E-state index contributed by atoms with van der Waals surface area (Å²) in [5.41, 5.74) is 3.47. The fraction of sp³-hybridized carbons (Fsp3) is 0.429. The van der Waals surface area contributed by atoms with E-state index in [4.69, 9.17) is 0 Å². The summed E-state index contributed by atoms with van der Waals surface area (Å²) in [4.78, 5) is 30.8. The molecule has 36 heavy (non-hydrogen) atoms. The number of Topliss-reactive ketones (excluding diaryl/α,β-unsaturated/α-hetero) is 1. The van der Waals surface area contributed by atoms with E-state index >= 15 is 0 Å². The maximum Gasteiger partial charge on any atom is 0.248 e. The summed E-state index contributed by atoms with van der Waals surface area (Å²) in [7, 11) is -0.705. The molecule has 0 bridgehead atoms. The van der Waals surface area contributed by atoms with Crippen LogP contribution >= 0.6 is 0 Å². The maximum atomic E-state index is 13.8. The minimum absolute atomic E-state index is 0.117. The van der Waals surface area contributed by atoms with Crippen molar-refractivity contribution in [3.8, 4) is 0 Å². The molecule has 4 rings (SSSR count). The Kier molecular flexibility index (Phi) is 7.38. The van der Waals surface area contributed by atoms with Crippen LogP contribution in [-0.2, 0) is 16.4 Å². The molecule has 1 fully saturated rings. The van der Waals surface area contributed by atoms with Gasteiger partial charge in [-0.25, -0.2) is 12.7 Å². The molecule has 1 unspecified atom stereocenters. The third kappa shape index (κ3) is 5.25. The molecule has 8 heteroatoms. The van der Waals surface area contributed by atoms with Gasteiger partial charge in [-0.15, -0.1) is 0 Å². The highest BCUT2D eigenvalue weighted by Crippen LogP contribution is 2.34. The number of aryl methyl sites for hydroxylation is 1. The molecule has 1 aliphatic heterocycles. The quantitative estimate of drug-likeness (QED) is 0.451. The van der Waals surface area contributed by atoms with Gasteiger partial charge in [-0.05, 0) is 73.6 Å². The number of nitrogens with zero attached hydrogens (tertiary/aromatic N) is 2. The molecular weight excluding hydrogens is 474 g/mol. The van der Waals surface area contributed by atoms with Gasteiger partial charge in [0.05, 0.1) is 4.90 Å². The van der Waals surface area contributed by atoms with Crippen LogP contribution in [0.1, 0.15) is 54.6 Å². The number of hydrogen-bond donors (Lipinski definition) is 1. The van der Waals surface area contributed by atoms with Crippen LogP contribution in [0, 0.1) is 12.8 Å². The van der Waals surface area contributed by atoms with Crippen molar-refractivity contribution in [2.24, 2.45) is 5.92 Å². The summed E-state index contributed by atoms with van der Waals surface area (Å²) in [6.45, 7) is 7.12. The molecular formula is C28H35N3O4S. The lowest BCUT2D eigenvalue weighted by atomic mass is 9.97. The Morgan fingerprint density at radius 2 is 1.89 bits per heavy atom. The Morgan fingerprint density at radius 1 is 1.14 bits per heavy atom. The number of fused-ring (bicyclic) bond motifs is 1. The first kappa shape index (κ1) is 26.1. The van der Waals surface area contributed by atoms with Gasteiger partial charge in [-0.1, -0.05) is 19.9 Å². The molecule has 1 aromatic heterocycles. The van der Waals surface area contributed by atoms with E-state index in [0.29, 0.717) is 17.5 Å². The number of rotatable bonds is 8. The van der Waals surface area contributed by atoms with Crippen molar-refractivity contribution in [2.45, 2.75) is 57.4 Å². The number of aromatic nitrogens is 1. The third-order valence-corrected chi connectivity index (χ3v) is 8.77. The van der Waals surface area contributed by atoms with Crippen molar-refractivity contribution >= 4 is 32.4 Å². The second kappa shape index (κ2) is 10.2. The smallest absolute Gasteiger partial charge is 0.248 e. The van der Waals surface area contributed by atoms with E-state index in [1.807, 2.05) is 25.1 Å². The molecule has 0 amide bonds. The number of aromatic amines is 1. The van der Waals surface area contributed by atoms with Gasteiger partial charge in [0.1, 0.15) is 0 Å². The second-order valence-corrected chi connectivity index (χ2v) is 12.5. The first-order chi connectivity index (χ1) is 17.0. The number of carbonyl (C=O) groups excluding carboxylic acids is 1. The number of H-pyrrole nitrogens is 1. The molecule has 0 aliphatic carbocycles. The number of pyridine rings is 1. The normalized spacial score (nSPS) is 16.4. The van der Waals surface area contributed by atoms with E-state index in [9.17, 15) is 18.0 Å². The van der Waals surface area contributed by atoms with Gasteiger partial charge < -0.3 is 9.88 Å². The molecule has 3 aromatic rings. The second-order valence-electron chi connectivity index (χ2n) is 10.4. The number of hydrogen-bond acceptors (Lipinski definition) is 5. The molecule has 0 saturated carbocycles. The van der Waals surface area contributed by atoms with Gasteiger partial charge in [-0.3, -0.25) is 9.59 Å². The van der Waals surface area contributed by atoms with E-state index in [-0.39, 0.29) is 22.7 Å². The molecule has 2 aromatic carbocycles. The zero-order chi connectivity index (χ0) is 26.2. The molecule has 192 valence electrons. The first-order valence-electron chi connectivity index (χ1n) is 12.5. The summed E-state index contributed by atoms with van der Waals surface area (Å²) in [6.07, 6.45) is 3.26. The van der Waals surface area contributed by atoms with Crippen LogP contribution < -0.4 is 10.5 Å². The zero-order valence-electron chi connectivity index (χ0n) is 21.7. The van der Waals surface area contributed by atoms with Gasteiger partial charge in [-0.2, -0.15) is 0 Å². The van der Waals surface area contributed by atoms with Crippen molar-refractivity contribution in [1.82, 2.24) is 9.29 Å². The van der Waals surface area contributed by atoms with E-state index in [1.54, 1.807) is 24.3 Å². The zero-order valence-corrected chi connectivity index (χ0v) is 22.5. The number of benzene rings is 2. The summed E-state index contributed by atoms with van der Waals surface area (Å²) < 4.78 is 26.9. The van der Waals surface area contributed by atoms with Crippen LogP contribution in [0.2, 0.25) is 0 Å². The molecule has 0 radical (unpaired) electrons. The Labute approximate surface area is 213 Å². The van der Waals surface area contributed by atoms with Crippen LogP contribution in [0.25, 0.3) is 10.9 Å². The molecule has 1 aliphatic rings. The van der Waals surface area contributed by atoms with Gasteiger partial charge >= 0.3 is 0 Å². The highest BCUT2D eigenvalue weighted by Gasteiger charge is 2.30. The highest BCUT2D eigenvalue weighted by atomic mass is 32.2. The minimum Gasteiger partial charge on any atom is -0.368 e. The lowest BCUT2D eigenvalue weighted by molar-refractivity contribution is 0.0993. The Morgan fingerprint density at radius 3 is 2.58 bits per heavy atom. The van der Waals surface area contributed by atoms with Crippen molar-refractivity contribution in [1.29, 1.82) is 0 Å². The summed E-state index contributed by atoms with van der Waals surface area (Å²) >= 11 is 0.